The lowest BCUT2D eigenvalue weighted by molar-refractivity contribution is -0.184. The van der Waals surface area contributed by atoms with Gasteiger partial charge >= 0.3 is 0 Å². The summed E-state index contributed by atoms with van der Waals surface area (Å²) < 4.78 is 8.68. The van der Waals surface area contributed by atoms with Crippen LogP contribution in [0.25, 0.3) is 0 Å². The highest BCUT2D eigenvalue weighted by Crippen LogP contribution is 2.42. The number of imidazole rings is 1. The summed E-state index contributed by atoms with van der Waals surface area (Å²) in [5.41, 5.74) is 1.01. The van der Waals surface area contributed by atoms with Crippen molar-refractivity contribution in [1.82, 2.24) is 14.5 Å². The van der Waals surface area contributed by atoms with Crippen LogP contribution in [0.4, 0.5) is 0 Å². The fraction of sp³-hybridized carbons (Fsp3) is 0.571. The Kier molecular flexibility index (Phi) is 5.11. The van der Waals surface area contributed by atoms with Gasteiger partial charge in [0.2, 0.25) is 0 Å². The molecule has 1 N–H and O–H groups in total. The van der Waals surface area contributed by atoms with Gasteiger partial charge < -0.3 is 19.3 Å². The summed E-state index contributed by atoms with van der Waals surface area (Å²) in [5.74, 6) is 1.14. The molecule has 2 fully saturated rings. The minimum atomic E-state index is -0.270. The number of nitrogens with zero attached hydrogens (tertiary/aromatic N) is 3. The van der Waals surface area contributed by atoms with Crippen LogP contribution in [0, 0.1) is 0 Å². The van der Waals surface area contributed by atoms with Crippen LogP contribution in [0.15, 0.2) is 42.7 Å². The molecular formula is C21H29N3O2. The van der Waals surface area contributed by atoms with Crippen LogP contribution in [-0.4, -0.2) is 50.9 Å². The van der Waals surface area contributed by atoms with E-state index in [-0.39, 0.29) is 17.8 Å². The minimum Gasteiger partial charge on any atom is -0.393 e. The maximum atomic E-state index is 10.5. The van der Waals surface area contributed by atoms with Crippen molar-refractivity contribution in [2.45, 2.75) is 49.9 Å². The molecule has 5 nitrogen and oxygen atoms in total. The average molecular weight is 355 g/mol. The number of rotatable bonds is 4. The summed E-state index contributed by atoms with van der Waals surface area (Å²) in [7, 11) is 2.05. The topological polar surface area (TPSA) is 50.5 Å². The van der Waals surface area contributed by atoms with E-state index in [2.05, 4.69) is 33.6 Å². The van der Waals surface area contributed by atoms with E-state index in [1.807, 2.05) is 30.6 Å². The first-order valence-corrected chi connectivity index (χ1v) is 9.73. The zero-order valence-corrected chi connectivity index (χ0v) is 15.6. The molecule has 0 aliphatic carbocycles. The van der Waals surface area contributed by atoms with E-state index in [0.29, 0.717) is 6.42 Å². The van der Waals surface area contributed by atoms with Crippen molar-refractivity contribution in [3.8, 4) is 0 Å². The zero-order valence-electron chi connectivity index (χ0n) is 15.6. The summed E-state index contributed by atoms with van der Waals surface area (Å²) in [6, 6.07) is 10.3. The van der Waals surface area contributed by atoms with Crippen LogP contribution in [-0.2, 0) is 18.2 Å². The third-order valence-corrected chi connectivity index (χ3v) is 6.00. The van der Waals surface area contributed by atoms with Crippen molar-refractivity contribution in [3.05, 3.63) is 54.1 Å². The zero-order chi connectivity index (χ0) is 18.0. The van der Waals surface area contributed by atoms with Gasteiger partial charge in [-0.3, -0.25) is 0 Å². The maximum absolute atomic E-state index is 10.5. The number of likely N-dealkylation sites (tertiary alicyclic amines) is 1. The number of aryl methyl sites for hydroxylation is 1. The van der Waals surface area contributed by atoms with Gasteiger partial charge in [-0.15, -0.1) is 0 Å². The Morgan fingerprint density at radius 2 is 2.00 bits per heavy atom. The molecule has 1 aromatic carbocycles. The highest BCUT2D eigenvalue weighted by molar-refractivity contribution is 5.19. The van der Waals surface area contributed by atoms with Gasteiger partial charge in [0, 0.05) is 58.3 Å². The van der Waals surface area contributed by atoms with Crippen molar-refractivity contribution in [3.63, 3.8) is 0 Å². The third kappa shape index (κ3) is 3.85. The van der Waals surface area contributed by atoms with Gasteiger partial charge in [-0.25, -0.2) is 4.98 Å². The first-order chi connectivity index (χ1) is 12.6. The Morgan fingerprint density at radius 3 is 2.69 bits per heavy atom. The molecule has 3 heterocycles. The number of piperidine rings is 1. The normalized spacial score (nSPS) is 26.2. The number of benzene rings is 1. The molecule has 2 aliphatic rings. The Hall–Kier alpha value is -1.69. The summed E-state index contributed by atoms with van der Waals surface area (Å²) in [6.45, 7) is 3.09. The van der Waals surface area contributed by atoms with Gasteiger partial charge in [-0.05, 0) is 18.4 Å². The molecule has 2 saturated heterocycles. The largest absolute Gasteiger partial charge is 0.393 e. The molecular weight excluding hydrogens is 326 g/mol. The monoisotopic (exact) mass is 355 g/mol. The van der Waals surface area contributed by atoms with E-state index in [9.17, 15) is 5.11 Å². The highest BCUT2D eigenvalue weighted by atomic mass is 16.5. The third-order valence-electron chi connectivity index (χ3n) is 6.00. The standard InChI is InChI=1S/C21H29N3O2/c1-23-14-10-22-20(23)7-11-24-12-8-21(9-13-24)16-18(25)15-19(26-21)17-5-3-2-4-6-17/h2-6,10,14,18-19,25H,7-9,11-13,15-16H2,1H3/t18-,19-/m1/s1. The van der Waals surface area contributed by atoms with Crippen LogP contribution in [0.5, 0.6) is 0 Å². The second kappa shape index (κ2) is 7.51. The first-order valence-electron chi connectivity index (χ1n) is 9.73. The second-order valence-electron chi connectivity index (χ2n) is 7.84. The SMILES string of the molecule is Cn1ccnc1CCN1CCC2(CC1)C[C@H](O)C[C@H](c1ccccc1)O2. The number of hydrogen-bond acceptors (Lipinski definition) is 4. The molecule has 140 valence electrons. The van der Waals surface area contributed by atoms with Crippen molar-refractivity contribution < 1.29 is 9.84 Å². The van der Waals surface area contributed by atoms with Crippen LogP contribution in [0.1, 0.15) is 43.2 Å². The quantitative estimate of drug-likeness (QED) is 0.916. The molecule has 0 unspecified atom stereocenters. The Labute approximate surface area is 155 Å². The summed E-state index contributed by atoms with van der Waals surface area (Å²) in [5, 5.41) is 10.5. The van der Waals surface area contributed by atoms with Crippen molar-refractivity contribution in [1.29, 1.82) is 0 Å². The molecule has 5 heteroatoms. The summed E-state index contributed by atoms with van der Waals surface area (Å²) in [6.07, 6.45) is 8.04. The lowest BCUT2D eigenvalue weighted by Gasteiger charge is -2.48. The number of aromatic nitrogens is 2. The first kappa shape index (κ1) is 17.7. The molecule has 2 aromatic rings. The fourth-order valence-corrected chi connectivity index (χ4v) is 4.43. The molecule has 4 rings (SSSR count). The highest BCUT2D eigenvalue weighted by Gasteiger charge is 2.43. The van der Waals surface area contributed by atoms with Gasteiger partial charge in [0.25, 0.3) is 0 Å². The van der Waals surface area contributed by atoms with Crippen LogP contribution < -0.4 is 0 Å². The molecule has 0 radical (unpaired) electrons. The smallest absolute Gasteiger partial charge is 0.109 e. The predicted octanol–water partition coefficient (Wildman–Crippen LogP) is 2.71. The minimum absolute atomic E-state index is 0.0130. The summed E-state index contributed by atoms with van der Waals surface area (Å²) in [4.78, 5) is 6.92. The Balaban J connectivity index is 1.35. The average Bonchev–Trinajstić information content (AvgIpc) is 3.06. The number of aliphatic hydroxyl groups excluding tert-OH is 1. The van der Waals surface area contributed by atoms with Crippen molar-refractivity contribution in [2.75, 3.05) is 19.6 Å². The van der Waals surface area contributed by atoms with E-state index < -0.39 is 0 Å². The van der Waals surface area contributed by atoms with E-state index in [1.54, 1.807) is 0 Å². The van der Waals surface area contributed by atoms with Crippen LogP contribution in [0.2, 0.25) is 0 Å². The lowest BCUT2D eigenvalue weighted by Crippen LogP contribution is -2.51. The van der Waals surface area contributed by atoms with E-state index in [0.717, 1.165) is 51.1 Å². The molecule has 1 spiro atoms. The van der Waals surface area contributed by atoms with Crippen molar-refractivity contribution in [2.24, 2.45) is 7.05 Å². The van der Waals surface area contributed by atoms with E-state index in [4.69, 9.17) is 4.74 Å². The van der Waals surface area contributed by atoms with E-state index in [1.165, 1.54) is 5.56 Å². The van der Waals surface area contributed by atoms with Gasteiger partial charge in [0.15, 0.2) is 0 Å². The molecule has 0 amide bonds. The Bertz CT molecular complexity index is 707. The van der Waals surface area contributed by atoms with Crippen molar-refractivity contribution >= 4 is 0 Å². The number of aliphatic hydroxyl groups is 1. The second-order valence-corrected chi connectivity index (χ2v) is 7.84. The predicted molar refractivity (Wildman–Crippen MR) is 101 cm³/mol. The summed E-state index contributed by atoms with van der Waals surface area (Å²) >= 11 is 0. The molecule has 2 aliphatic heterocycles. The van der Waals surface area contributed by atoms with Gasteiger partial charge in [-0.1, -0.05) is 30.3 Å². The van der Waals surface area contributed by atoms with Gasteiger partial charge in [0.05, 0.1) is 17.8 Å². The number of hydrogen-bond donors (Lipinski definition) is 1. The maximum Gasteiger partial charge on any atom is 0.109 e. The molecule has 0 saturated carbocycles. The molecule has 1 aromatic heterocycles. The van der Waals surface area contributed by atoms with Gasteiger partial charge in [-0.2, -0.15) is 0 Å². The lowest BCUT2D eigenvalue weighted by atomic mass is 9.81. The number of ether oxygens (including phenoxy) is 1. The van der Waals surface area contributed by atoms with Gasteiger partial charge in [0.1, 0.15) is 5.82 Å². The fourth-order valence-electron chi connectivity index (χ4n) is 4.43. The molecule has 0 bridgehead atoms. The van der Waals surface area contributed by atoms with Crippen LogP contribution >= 0.6 is 0 Å². The van der Waals surface area contributed by atoms with E-state index >= 15 is 0 Å². The van der Waals surface area contributed by atoms with Crippen LogP contribution in [0.3, 0.4) is 0 Å². The molecule has 2 atom stereocenters. The Morgan fingerprint density at radius 1 is 1.23 bits per heavy atom. The molecule has 26 heavy (non-hydrogen) atoms.